The number of nitrogens with zero attached hydrogens (tertiary/aromatic N) is 2. The second-order valence-electron chi connectivity index (χ2n) is 8.64. The van der Waals surface area contributed by atoms with Gasteiger partial charge in [-0.05, 0) is 59.9 Å². The first-order chi connectivity index (χ1) is 14.9. The predicted molar refractivity (Wildman–Crippen MR) is 122 cm³/mol. The van der Waals surface area contributed by atoms with E-state index in [0.717, 1.165) is 29.4 Å². The fraction of sp³-hybridized carbons (Fsp3) is 0.385. The van der Waals surface area contributed by atoms with Crippen molar-refractivity contribution in [2.75, 3.05) is 18.0 Å². The highest BCUT2D eigenvalue weighted by atomic mass is 16.7. The van der Waals surface area contributed by atoms with Crippen LogP contribution in [0.5, 0.6) is 0 Å². The number of rotatable bonds is 6. The van der Waals surface area contributed by atoms with E-state index in [0.29, 0.717) is 12.2 Å². The Morgan fingerprint density at radius 3 is 2.58 bits per heavy atom. The topological polar surface area (TPSA) is 62.6 Å². The van der Waals surface area contributed by atoms with Gasteiger partial charge < -0.3 is 14.4 Å². The van der Waals surface area contributed by atoms with E-state index in [1.807, 2.05) is 26.0 Å². The van der Waals surface area contributed by atoms with E-state index < -0.39 is 5.79 Å². The van der Waals surface area contributed by atoms with Gasteiger partial charge in [0, 0.05) is 45.5 Å². The third-order valence-electron chi connectivity index (χ3n) is 5.75. The number of allylic oxidation sites excluding steroid dienone is 2. The summed E-state index contributed by atoms with van der Waals surface area (Å²) in [5.74, 6) is -0.256. The van der Waals surface area contributed by atoms with Gasteiger partial charge in [-0.2, -0.15) is 5.26 Å². The summed E-state index contributed by atoms with van der Waals surface area (Å²) in [4.78, 5) is 15.0. The van der Waals surface area contributed by atoms with Crippen LogP contribution in [-0.2, 0) is 14.3 Å². The van der Waals surface area contributed by atoms with E-state index in [1.165, 1.54) is 24.9 Å². The lowest BCUT2D eigenvalue weighted by Gasteiger charge is -2.29. The van der Waals surface area contributed by atoms with Crippen LogP contribution in [0.4, 0.5) is 5.69 Å². The number of piperidine rings is 1. The summed E-state index contributed by atoms with van der Waals surface area (Å²) < 4.78 is 11.0. The average molecular weight is 417 g/mol. The van der Waals surface area contributed by atoms with Gasteiger partial charge in [-0.15, -0.1) is 0 Å². The minimum atomic E-state index is -0.689. The number of ketones is 1. The molecule has 0 amide bonds. The van der Waals surface area contributed by atoms with E-state index in [9.17, 15) is 10.1 Å². The summed E-state index contributed by atoms with van der Waals surface area (Å²) in [6, 6.07) is 14.6. The normalized spacial score (nSPS) is 18.2. The lowest BCUT2D eigenvalue weighted by molar-refractivity contribution is -0.121. The highest BCUT2D eigenvalue weighted by Crippen LogP contribution is 2.28. The Labute approximate surface area is 183 Å². The third-order valence-corrected chi connectivity index (χ3v) is 5.75. The van der Waals surface area contributed by atoms with Gasteiger partial charge in [0.05, 0.1) is 5.57 Å². The molecule has 160 valence electrons. The van der Waals surface area contributed by atoms with Crippen LogP contribution in [0, 0.1) is 11.3 Å². The molecule has 0 radical (unpaired) electrons. The molecule has 0 aliphatic carbocycles. The molecule has 0 atom stereocenters. The van der Waals surface area contributed by atoms with Crippen molar-refractivity contribution in [2.24, 2.45) is 0 Å². The summed E-state index contributed by atoms with van der Waals surface area (Å²) in [6.45, 7) is 5.86. The maximum Gasteiger partial charge on any atom is 0.244 e. The van der Waals surface area contributed by atoms with Crippen molar-refractivity contribution in [2.45, 2.75) is 51.7 Å². The van der Waals surface area contributed by atoms with Crippen LogP contribution in [0.15, 0.2) is 54.0 Å². The average Bonchev–Trinajstić information content (AvgIpc) is 3.14. The number of Topliss-reactive ketones (excluding diaryl/α,β-unsaturated/α-hetero) is 1. The molecule has 4 rings (SSSR count). The molecular formula is C26H28N2O3. The van der Waals surface area contributed by atoms with Gasteiger partial charge in [-0.25, -0.2) is 0 Å². The molecule has 0 N–H and O–H groups in total. The minimum Gasteiger partial charge on any atom is -0.457 e. The molecule has 5 nitrogen and oxygen atoms in total. The number of benzene rings is 2. The van der Waals surface area contributed by atoms with Crippen LogP contribution in [0.3, 0.4) is 0 Å². The first-order valence-corrected chi connectivity index (χ1v) is 10.9. The first-order valence-electron chi connectivity index (χ1n) is 10.9. The number of carbonyl (C=O) groups is 1. The Hall–Kier alpha value is -3.26. The van der Waals surface area contributed by atoms with E-state index in [2.05, 4.69) is 35.2 Å². The molecule has 0 saturated carbocycles. The van der Waals surface area contributed by atoms with Crippen molar-refractivity contribution in [3.63, 3.8) is 0 Å². The molecule has 2 aliphatic rings. The van der Waals surface area contributed by atoms with Crippen molar-refractivity contribution < 1.29 is 14.3 Å². The van der Waals surface area contributed by atoms with Gasteiger partial charge in [0.2, 0.25) is 5.79 Å². The Bertz CT molecular complexity index is 1090. The number of hydrogen-bond acceptors (Lipinski definition) is 5. The van der Waals surface area contributed by atoms with Gasteiger partial charge in [-0.1, -0.05) is 18.2 Å². The van der Waals surface area contributed by atoms with E-state index in [1.54, 1.807) is 12.3 Å². The molecule has 0 unspecified atom stereocenters. The quantitative estimate of drug-likeness (QED) is 0.446. The van der Waals surface area contributed by atoms with Crippen LogP contribution >= 0.6 is 0 Å². The van der Waals surface area contributed by atoms with E-state index in [4.69, 9.17) is 9.47 Å². The molecule has 0 bridgehead atoms. The number of nitriles is 1. The number of ether oxygens (including phenoxy) is 2. The standard InChI is InChI=1S/C26H28N2O3/c1-26(2)30-18-24(31-26)10-11-25(29)22(17-27)15-19-6-7-21-16-23(9-8-20(21)14-19)28-12-4-3-5-13-28/h6-9,14-16,18H,3-5,10-13H2,1-2H3/b22-15+. The Kier molecular flexibility index (Phi) is 5.99. The van der Waals surface area contributed by atoms with Gasteiger partial charge in [0.25, 0.3) is 0 Å². The summed E-state index contributed by atoms with van der Waals surface area (Å²) in [5, 5.41) is 11.8. The van der Waals surface area contributed by atoms with Gasteiger partial charge in [0.1, 0.15) is 18.1 Å². The summed E-state index contributed by atoms with van der Waals surface area (Å²) in [7, 11) is 0. The highest BCUT2D eigenvalue weighted by Gasteiger charge is 2.27. The Morgan fingerprint density at radius 2 is 1.87 bits per heavy atom. The van der Waals surface area contributed by atoms with Crippen molar-refractivity contribution in [1.29, 1.82) is 5.26 Å². The van der Waals surface area contributed by atoms with Crippen molar-refractivity contribution in [3.05, 3.63) is 59.6 Å². The van der Waals surface area contributed by atoms with E-state index in [-0.39, 0.29) is 17.8 Å². The van der Waals surface area contributed by atoms with Crippen LogP contribution in [0.1, 0.15) is 51.5 Å². The van der Waals surface area contributed by atoms with Crippen LogP contribution < -0.4 is 4.90 Å². The summed E-state index contributed by atoms with van der Waals surface area (Å²) in [5.41, 5.74) is 2.27. The highest BCUT2D eigenvalue weighted by molar-refractivity contribution is 6.03. The van der Waals surface area contributed by atoms with Crippen LogP contribution in [0.25, 0.3) is 16.8 Å². The molecule has 2 aromatic rings. The zero-order chi connectivity index (χ0) is 21.8. The fourth-order valence-corrected chi connectivity index (χ4v) is 4.08. The fourth-order valence-electron chi connectivity index (χ4n) is 4.08. The minimum absolute atomic E-state index is 0.156. The molecule has 5 heteroatoms. The molecule has 0 aromatic heterocycles. The zero-order valence-electron chi connectivity index (χ0n) is 18.2. The molecule has 2 heterocycles. The Balaban J connectivity index is 1.46. The molecule has 1 fully saturated rings. The largest absolute Gasteiger partial charge is 0.457 e. The molecule has 31 heavy (non-hydrogen) atoms. The van der Waals surface area contributed by atoms with E-state index >= 15 is 0 Å². The number of anilines is 1. The summed E-state index contributed by atoms with van der Waals surface area (Å²) in [6.07, 6.45) is 7.66. The second-order valence-corrected chi connectivity index (χ2v) is 8.64. The lowest BCUT2D eigenvalue weighted by atomic mass is 10.0. The maximum atomic E-state index is 12.6. The van der Waals surface area contributed by atoms with Gasteiger partial charge in [0.15, 0.2) is 5.78 Å². The third kappa shape index (κ3) is 5.08. The molecular weight excluding hydrogens is 388 g/mol. The van der Waals surface area contributed by atoms with Crippen LogP contribution in [0.2, 0.25) is 0 Å². The zero-order valence-corrected chi connectivity index (χ0v) is 18.2. The molecule has 2 aliphatic heterocycles. The Morgan fingerprint density at radius 1 is 1.13 bits per heavy atom. The predicted octanol–water partition coefficient (Wildman–Crippen LogP) is 5.71. The van der Waals surface area contributed by atoms with Crippen molar-refractivity contribution >= 4 is 28.3 Å². The first kappa shape index (κ1) is 21.0. The van der Waals surface area contributed by atoms with Gasteiger partial charge >= 0.3 is 0 Å². The molecule has 0 spiro atoms. The maximum absolute atomic E-state index is 12.6. The molecule has 2 aromatic carbocycles. The second kappa shape index (κ2) is 8.85. The summed E-state index contributed by atoms with van der Waals surface area (Å²) >= 11 is 0. The number of hydrogen-bond donors (Lipinski definition) is 0. The lowest BCUT2D eigenvalue weighted by Crippen LogP contribution is -2.29. The van der Waals surface area contributed by atoms with Crippen molar-refractivity contribution in [3.8, 4) is 6.07 Å². The number of fused-ring (bicyclic) bond motifs is 1. The monoisotopic (exact) mass is 416 g/mol. The smallest absolute Gasteiger partial charge is 0.244 e. The molecule has 1 saturated heterocycles. The number of carbonyl (C=O) groups excluding carboxylic acids is 1. The van der Waals surface area contributed by atoms with Gasteiger partial charge in [-0.3, -0.25) is 4.79 Å². The van der Waals surface area contributed by atoms with Crippen molar-refractivity contribution in [1.82, 2.24) is 0 Å². The van der Waals surface area contributed by atoms with Crippen LogP contribution in [-0.4, -0.2) is 24.7 Å². The SMILES string of the molecule is CC1(C)OC=C(CCC(=O)/C(C#N)=C/c2ccc3cc(N4CCCCC4)ccc3c2)O1.